The number of amides is 2. The van der Waals surface area contributed by atoms with Gasteiger partial charge in [-0.3, -0.25) is 4.79 Å². The Labute approximate surface area is 119 Å². The van der Waals surface area contributed by atoms with Gasteiger partial charge in [0.05, 0.1) is 25.3 Å². The topological polar surface area (TPSA) is 78.9 Å². The molecular weight excluding hydrogens is 260 g/mol. The molecule has 0 aromatic rings. The molecule has 0 aromatic heterocycles. The zero-order chi connectivity index (χ0) is 15.1. The van der Waals surface area contributed by atoms with E-state index in [0.29, 0.717) is 13.0 Å². The second-order valence-electron chi connectivity index (χ2n) is 4.82. The Kier molecular flexibility index (Phi) is 6.32. The summed E-state index contributed by atoms with van der Waals surface area (Å²) in [4.78, 5) is 25.0. The molecule has 112 valence electrons. The van der Waals surface area contributed by atoms with Crippen LogP contribution in [0.2, 0.25) is 0 Å². The SMILES string of the molecule is C#CC(CC)NC(=O)N(CCC)C1COCC1C(=O)O. The summed E-state index contributed by atoms with van der Waals surface area (Å²) in [7, 11) is 0. The first kappa shape index (κ1) is 16.3. The van der Waals surface area contributed by atoms with Crippen LogP contribution in [0.1, 0.15) is 26.7 Å². The molecule has 1 fully saturated rings. The summed E-state index contributed by atoms with van der Waals surface area (Å²) in [5.74, 6) is 0.876. The van der Waals surface area contributed by atoms with Crippen LogP contribution in [-0.4, -0.2) is 53.8 Å². The number of carbonyl (C=O) groups is 2. The molecule has 2 N–H and O–H groups in total. The number of aliphatic carboxylic acids is 1. The van der Waals surface area contributed by atoms with Gasteiger partial charge in [-0.1, -0.05) is 19.8 Å². The molecule has 0 bridgehead atoms. The minimum atomic E-state index is -0.939. The van der Waals surface area contributed by atoms with Crippen LogP contribution in [0.3, 0.4) is 0 Å². The number of ether oxygens (including phenoxy) is 1. The summed E-state index contributed by atoms with van der Waals surface area (Å²) in [5.41, 5.74) is 0. The van der Waals surface area contributed by atoms with Crippen molar-refractivity contribution in [2.45, 2.75) is 38.8 Å². The van der Waals surface area contributed by atoms with Crippen molar-refractivity contribution in [2.75, 3.05) is 19.8 Å². The number of carbonyl (C=O) groups excluding carboxylic acids is 1. The maximum absolute atomic E-state index is 12.3. The fraction of sp³-hybridized carbons (Fsp3) is 0.714. The Balaban J connectivity index is 2.80. The quantitative estimate of drug-likeness (QED) is 0.710. The van der Waals surface area contributed by atoms with Crippen molar-refractivity contribution in [1.29, 1.82) is 0 Å². The average molecular weight is 282 g/mol. The first-order valence-electron chi connectivity index (χ1n) is 6.88. The molecule has 1 rings (SSSR count). The molecule has 6 nitrogen and oxygen atoms in total. The maximum atomic E-state index is 12.3. The molecule has 2 amide bonds. The Bertz CT molecular complexity index is 391. The lowest BCUT2D eigenvalue weighted by Gasteiger charge is -2.31. The number of nitrogens with one attached hydrogen (secondary N) is 1. The van der Waals surface area contributed by atoms with E-state index in [1.807, 2.05) is 13.8 Å². The van der Waals surface area contributed by atoms with Crippen molar-refractivity contribution in [3.05, 3.63) is 0 Å². The summed E-state index contributed by atoms with van der Waals surface area (Å²) in [6, 6.07) is -1.10. The molecule has 20 heavy (non-hydrogen) atoms. The highest BCUT2D eigenvalue weighted by atomic mass is 16.5. The normalized spacial score (nSPS) is 22.9. The van der Waals surface area contributed by atoms with Crippen LogP contribution in [0.25, 0.3) is 0 Å². The van der Waals surface area contributed by atoms with Gasteiger partial charge in [0.2, 0.25) is 0 Å². The Morgan fingerprint density at radius 2 is 2.20 bits per heavy atom. The summed E-state index contributed by atoms with van der Waals surface area (Å²) >= 11 is 0. The number of carboxylic acids is 1. The summed E-state index contributed by atoms with van der Waals surface area (Å²) in [6.07, 6.45) is 6.70. The van der Waals surface area contributed by atoms with E-state index < -0.39 is 17.9 Å². The van der Waals surface area contributed by atoms with Gasteiger partial charge < -0.3 is 20.1 Å². The van der Waals surface area contributed by atoms with E-state index in [9.17, 15) is 14.7 Å². The molecule has 0 aromatic carbocycles. The number of rotatable bonds is 6. The summed E-state index contributed by atoms with van der Waals surface area (Å²) < 4.78 is 5.22. The highest BCUT2D eigenvalue weighted by Crippen LogP contribution is 2.20. The van der Waals surface area contributed by atoms with E-state index in [1.54, 1.807) is 0 Å². The van der Waals surface area contributed by atoms with Gasteiger partial charge in [-0.15, -0.1) is 6.42 Å². The number of urea groups is 1. The van der Waals surface area contributed by atoms with Gasteiger partial charge in [-0.05, 0) is 12.8 Å². The molecular formula is C14H22N2O4. The number of nitrogens with zero attached hydrogens (tertiary/aromatic N) is 1. The van der Waals surface area contributed by atoms with Gasteiger partial charge in [-0.2, -0.15) is 0 Å². The molecule has 1 saturated heterocycles. The fourth-order valence-electron chi connectivity index (χ4n) is 2.24. The van der Waals surface area contributed by atoms with Crippen LogP contribution in [0, 0.1) is 18.3 Å². The van der Waals surface area contributed by atoms with E-state index in [0.717, 1.165) is 6.42 Å². The number of hydrogen-bond acceptors (Lipinski definition) is 3. The van der Waals surface area contributed by atoms with Crippen LogP contribution >= 0.6 is 0 Å². The standard InChI is InChI=1S/C14H22N2O4/c1-4-7-16(14(19)15-10(5-2)6-3)12-9-20-8-11(12)13(17)18/h2,10-12H,4,6-9H2,1,3H3,(H,15,19)(H,17,18). The van der Waals surface area contributed by atoms with Crippen LogP contribution < -0.4 is 5.32 Å². The lowest BCUT2D eigenvalue weighted by atomic mass is 10.0. The van der Waals surface area contributed by atoms with Gasteiger partial charge in [-0.25, -0.2) is 4.79 Å². The Morgan fingerprint density at radius 3 is 2.70 bits per heavy atom. The van der Waals surface area contributed by atoms with Crippen LogP contribution in [0.4, 0.5) is 4.79 Å². The third-order valence-corrected chi connectivity index (χ3v) is 3.40. The molecule has 1 aliphatic rings. The van der Waals surface area contributed by atoms with Gasteiger partial charge >= 0.3 is 12.0 Å². The summed E-state index contributed by atoms with van der Waals surface area (Å²) in [5, 5.41) is 11.9. The molecule has 0 spiro atoms. The third kappa shape index (κ3) is 3.87. The molecule has 0 aliphatic carbocycles. The molecule has 3 atom stereocenters. The van der Waals surface area contributed by atoms with Crippen molar-refractivity contribution in [3.63, 3.8) is 0 Å². The van der Waals surface area contributed by atoms with E-state index in [4.69, 9.17) is 11.2 Å². The smallest absolute Gasteiger partial charge is 0.318 e. The van der Waals surface area contributed by atoms with Gasteiger partial charge in [0, 0.05) is 6.54 Å². The Hall–Kier alpha value is -1.74. The zero-order valence-electron chi connectivity index (χ0n) is 12.0. The number of hydrogen-bond donors (Lipinski definition) is 2. The molecule has 6 heteroatoms. The van der Waals surface area contributed by atoms with Crippen LogP contribution in [-0.2, 0) is 9.53 Å². The highest BCUT2D eigenvalue weighted by Gasteiger charge is 2.39. The average Bonchev–Trinajstić information content (AvgIpc) is 2.91. The maximum Gasteiger partial charge on any atom is 0.318 e. The van der Waals surface area contributed by atoms with E-state index in [2.05, 4.69) is 11.2 Å². The molecule has 0 radical (unpaired) electrons. The van der Waals surface area contributed by atoms with Gasteiger partial charge in [0.1, 0.15) is 5.92 Å². The minimum Gasteiger partial charge on any atom is -0.481 e. The second kappa shape index (κ2) is 7.75. The van der Waals surface area contributed by atoms with Gasteiger partial charge in [0.25, 0.3) is 0 Å². The van der Waals surface area contributed by atoms with E-state index in [-0.39, 0.29) is 25.3 Å². The van der Waals surface area contributed by atoms with Crippen molar-refractivity contribution in [2.24, 2.45) is 5.92 Å². The molecule has 3 unspecified atom stereocenters. The van der Waals surface area contributed by atoms with E-state index >= 15 is 0 Å². The lowest BCUT2D eigenvalue weighted by molar-refractivity contribution is -0.142. The number of carboxylic acid groups (broad SMARTS) is 1. The van der Waals surface area contributed by atoms with Crippen molar-refractivity contribution >= 4 is 12.0 Å². The zero-order valence-corrected chi connectivity index (χ0v) is 12.0. The predicted molar refractivity (Wildman–Crippen MR) is 74.2 cm³/mol. The van der Waals surface area contributed by atoms with E-state index in [1.165, 1.54) is 4.90 Å². The van der Waals surface area contributed by atoms with Crippen LogP contribution in [0.5, 0.6) is 0 Å². The number of terminal acetylenes is 1. The predicted octanol–water partition coefficient (Wildman–Crippen LogP) is 0.919. The molecule has 0 saturated carbocycles. The van der Waals surface area contributed by atoms with Crippen molar-refractivity contribution in [1.82, 2.24) is 10.2 Å². The fourth-order valence-corrected chi connectivity index (χ4v) is 2.24. The van der Waals surface area contributed by atoms with Crippen molar-refractivity contribution < 1.29 is 19.4 Å². The lowest BCUT2D eigenvalue weighted by Crippen LogP contribution is -2.52. The molecule has 1 heterocycles. The first-order valence-corrected chi connectivity index (χ1v) is 6.88. The van der Waals surface area contributed by atoms with Crippen molar-refractivity contribution in [3.8, 4) is 12.3 Å². The minimum absolute atomic E-state index is 0.139. The first-order chi connectivity index (χ1) is 9.54. The third-order valence-electron chi connectivity index (χ3n) is 3.40. The van der Waals surface area contributed by atoms with Crippen LogP contribution in [0.15, 0.2) is 0 Å². The largest absolute Gasteiger partial charge is 0.481 e. The Morgan fingerprint density at radius 1 is 1.50 bits per heavy atom. The second-order valence-corrected chi connectivity index (χ2v) is 4.82. The summed E-state index contributed by atoms with van der Waals surface area (Å²) in [6.45, 7) is 4.68. The molecule has 1 aliphatic heterocycles. The highest BCUT2D eigenvalue weighted by molar-refractivity contribution is 5.77. The monoisotopic (exact) mass is 282 g/mol. The van der Waals surface area contributed by atoms with Gasteiger partial charge in [0.15, 0.2) is 0 Å².